The van der Waals surface area contributed by atoms with Crippen molar-refractivity contribution in [2.75, 3.05) is 27.2 Å². The van der Waals surface area contributed by atoms with Gasteiger partial charge in [0.15, 0.2) is 0 Å². The van der Waals surface area contributed by atoms with E-state index in [1.54, 1.807) is 0 Å². The van der Waals surface area contributed by atoms with Gasteiger partial charge in [0.2, 0.25) is 0 Å². The minimum absolute atomic E-state index is 0. The van der Waals surface area contributed by atoms with Crippen LogP contribution in [0.15, 0.2) is 30.3 Å². The fourth-order valence-corrected chi connectivity index (χ4v) is 1.43. The Morgan fingerprint density at radius 1 is 1.28 bits per heavy atom. The smallest absolute Gasteiger partial charge is 0.104 e. The highest BCUT2D eigenvalue weighted by molar-refractivity contribution is 8.93. The van der Waals surface area contributed by atoms with Crippen LogP contribution in [0.25, 0.3) is 0 Å². The molecule has 1 aromatic carbocycles. The molecule has 0 unspecified atom stereocenters. The van der Waals surface area contributed by atoms with Gasteiger partial charge in [-0.3, -0.25) is 0 Å². The summed E-state index contributed by atoms with van der Waals surface area (Å²) < 4.78 is 0.834. The molecule has 1 N–H and O–H groups in total. The molecule has 4 nitrogen and oxygen atoms in total. The monoisotopic (exact) mass is 319 g/mol. The van der Waals surface area contributed by atoms with Crippen molar-refractivity contribution in [1.82, 2.24) is 0 Å². The number of aliphatic hydroxyl groups excluding tert-OH is 1. The van der Waals surface area contributed by atoms with E-state index in [0.29, 0.717) is 0 Å². The molecule has 0 fully saturated rings. The first-order valence-corrected chi connectivity index (χ1v) is 5.52. The van der Waals surface area contributed by atoms with Crippen LogP contribution in [0.1, 0.15) is 12.5 Å². The van der Waals surface area contributed by atoms with Crippen molar-refractivity contribution in [3.63, 3.8) is 0 Å². The first-order chi connectivity index (χ1) is 7.87. The molecule has 0 bridgehead atoms. The first kappa shape index (κ1) is 19.4. The highest BCUT2D eigenvalue weighted by Gasteiger charge is 2.13. The van der Waals surface area contributed by atoms with Crippen LogP contribution in [0.5, 0.6) is 0 Å². The lowest BCUT2D eigenvalue weighted by molar-refractivity contribution is -0.903. The molecule has 0 aromatic heterocycles. The van der Waals surface area contributed by atoms with Crippen LogP contribution in [0, 0.1) is 0 Å². The van der Waals surface area contributed by atoms with E-state index in [1.165, 1.54) is 5.56 Å². The van der Waals surface area contributed by atoms with Gasteiger partial charge in [-0.1, -0.05) is 30.3 Å². The van der Waals surface area contributed by atoms with Crippen LogP contribution in [0.4, 0.5) is 0 Å². The average Bonchev–Trinajstić information content (AvgIpc) is 2.17. The quantitative estimate of drug-likeness (QED) is 0.826. The van der Waals surface area contributed by atoms with E-state index in [-0.39, 0.29) is 23.6 Å². The summed E-state index contributed by atoms with van der Waals surface area (Å²) in [6.07, 6.45) is 0. The fourth-order valence-electron chi connectivity index (χ4n) is 1.43. The zero-order valence-corrected chi connectivity index (χ0v) is 12.8. The lowest BCUT2D eigenvalue weighted by Gasteiger charge is -2.28. The van der Waals surface area contributed by atoms with E-state index in [0.717, 1.165) is 24.5 Å². The van der Waals surface area contributed by atoms with Gasteiger partial charge >= 0.3 is 0 Å². The highest BCUT2D eigenvalue weighted by Crippen LogP contribution is 2.07. The normalized spacial score (nSPS) is 9.78. The molecule has 0 amide bonds. The molecule has 1 rings (SSSR count). The second-order valence-corrected chi connectivity index (χ2v) is 4.52. The van der Waals surface area contributed by atoms with E-state index in [4.69, 9.17) is 15.0 Å². The minimum Gasteiger partial charge on any atom is -0.550 e. The molecule has 0 saturated heterocycles. The molecule has 0 radical (unpaired) electrons. The Morgan fingerprint density at radius 3 is 2.11 bits per heavy atom. The Morgan fingerprint density at radius 2 is 1.72 bits per heavy atom. The summed E-state index contributed by atoms with van der Waals surface area (Å²) in [6, 6.07) is 10.4. The first-order valence-electron chi connectivity index (χ1n) is 5.52. The maximum Gasteiger partial charge on any atom is 0.104 e. The van der Waals surface area contributed by atoms with Crippen molar-refractivity contribution >= 4 is 23.0 Å². The molecular formula is C13H22BrNO3. The predicted molar refractivity (Wildman–Crippen MR) is 75.2 cm³/mol. The Kier molecular flexibility index (Phi) is 10.9. The number of carboxylic acids is 1. The third-order valence-electron chi connectivity index (χ3n) is 2.16. The van der Waals surface area contributed by atoms with Crippen LogP contribution in [-0.4, -0.2) is 42.8 Å². The van der Waals surface area contributed by atoms with Crippen LogP contribution >= 0.6 is 17.0 Å². The molecule has 0 atom stereocenters. The summed E-state index contributed by atoms with van der Waals surface area (Å²) in [5.74, 6) is -1.08. The van der Waals surface area contributed by atoms with Crippen LogP contribution in [0.3, 0.4) is 0 Å². The standard InChI is InChI=1S/C11H18NO.C2H4O2.BrH/c1-12(2,8-9-13)10-11-6-4-3-5-7-11;1-2(3)4;/h3-7,13H,8-10H2,1-2H3;1H3,(H,3,4);1H/q+1;;/p-1. The summed E-state index contributed by atoms with van der Waals surface area (Å²) >= 11 is 0. The number of hydrogen-bond donors (Lipinski definition) is 1. The number of carbonyl (C=O) groups is 1. The van der Waals surface area contributed by atoms with Gasteiger partial charge in [0.25, 0.3) is 0 Å². The molecule has 0 aliphatic rings. The topological polar surface area (TPSA) is 60.4 Å². The second kappa shape index (κ2) is 10.1. The number of rotatable bonds is 4. The summed E-state index contributed by atoms with van der Waals surface area (Å²) in [7, 11) is 4.26. The number of likely N-dealkylation sites (N-methyl/N-ethyl adjacent to an activating group) is 1. The Labute approximate surface area is 119 Å². The molecule has 18 heavy (non-hydrogen) atoms. The van der Waals surface area contributed by atoms with E-state index >= 15 is 0 Å². The number of nitrogens with zero attached hydrogens (tertiary/aromatic N) is 1. The number of quaternary nitrogens is 1. The number of hydrogen-bond acceptors (Lipinski definition) is 3. The number of halogens is 1. The molecule has 0 aliphatic heterocycles. The average molecular weight is 320 g/mol. The van der Waals surface area contributed by atoms with Gasteiger partial charge < -0.3 is 19.5 Å². The van der Waals surface area contributed by atoms with Crippen molar-refractivity contribution in [2.24, 2.45) is 0 Å². The largest absolute Gasteiger partial charge is 0.550 e. The van der Waals surface area contributed by atoms with E-state index in [9.17, 15) is 0 Å². The van der Waals surface area contributed by atoms with Gasteiger partial charge in [0.05, 0.1) is 20.7 Å². The lowest BCUT2D eigenvalue weighted by Crippen LogP contribution is -2.40. The number of carbonyl (C=O) groups excluding carboxylic acids is 1. The van der Waals surface area contributed by atoms with Gasteiger partial charge in [-0.2, -0.15) is 0 Å². The number of aliphatic carboxylic acids is 1. The van der Waals surface area contributed by atoms with Crippen LogP contribution in [-0.2, 0) is 11.3 Å². The molecule has 0 heterocycles. The zero-order chi connectivity index (χ0) is 13.3. The molecule has 0 saturated carbocycles. The van der Waals surface area contributed by atoms with Crippen molar-refractivity contribution in [2.45, 2.75) is 13.5 Å². The highest BCUT2D eigenvalue weighted by atomic mass is 79.9. The Hall–Kier alpha value is -0.910. The number of benzene rings is 1. The third-order valence-corrected chi connectivity index (χ3v) is 2.16. The van der Waals surface area contributed by atoms with Gasteiger partial charge in [0.1, 0.15) is 13.1 Å². The third kappa shape index (κ3) is 11.6. The number of aliphatic hydroxyl groups is 1. The van der Waals surface area contributed by atoms with E-state index in [1.807, 2.05) is 18.2 Å². The SMILES string of the molecule is Br.CC(=O)[O-].C[N+](C)(CCO)Cc1ccccc1. The summed E-state index contributed by atoms with van der Waals surface area (Å²) in [5.41, 5.74) is 1.32. The van der Waals surface area contributed by atoms with E-state index in [2.05, 4.69) is 26.2 Å². The molecule has 5 heteroatoms. The molecular weight excluding hydrogens is 298 g/mol. The van der Waals surface area contributed by atoms with Gasteiger partial charge in [-0.05, 0) is 6.92 Å². The van der Waals surface area contributed by atoms with Crippen molar-refractivity contribution in [1.29, 1.82) is 0 Å². The van der Waals surface area contributed by atoms with Crippen molar-refractivity contribution < 1.29 is 19.5 Å². The lowest BCUT2D eigenvalue weighted by atomic mass is 10.2. The summed E-state index contributed by atoms with van der Waals surface area (Å²) in [5, 5.41) is 17.8. The molecule has 0 spiro atoms. The Bertz CT molecular complexity index is 324. The second-order valence-electron chi connectivity index (χ2n) is 4.52. The van der Waals surface area contributed by atoms with Gasteiger partial charge in [-0.25, -0.2) is 0 Å². The maximum absolute atomic E-state index is 8.89. The van der Waals surface area contributed by atoms with Gasteiger partial charge in [0, 0.05) is 11.5 Å². The molecule has 1 aromatic rings. The van der Waals surface area contributed by atoms with Crippen LogP contribution in [0.2, 0.25) is 0 Å². The minimum atomic E-state index is -1.08. The zero-order valence-electron chi connectivity index (χ0n) is 11.1. The van der Waals surface area contributed by atoms with Crippen molar-refractivity contribution in [3.05, 3.63) is 35.9 Å². The van der Waals surface area contributed by atoms with Gasteiger partial charge in [-0.15, -0.1) is 17.0 Å². The molecule has 104 valence electrons. The van der Waals surface area contributed by atoms with Crippen molar-refractivity contribution in [3.8, 4) is 0 Å². The van der Waals surface area contributed by atoms with Crippen LogP contribution < -0.4 is 5.11 Å². The Balaban J connectivity index is 0. The summed E-state index contributed by atoms with van der Waals surface area (Å²) in [4.78, 5) is 8.89. The summed E-state index contributed by atoms with van der Waals surface area (Å²) in [6.45, 7) is 3.00. The predicted octanol–water partition coefficient (Wildman–Crippen LogP) is 0.589. The molecule has 0 aliphatic carbocycles. The fraction of sp³-hybridized carbons (Fsp3) is 0.462. The van der Waals surface area contributed by atoms with E-state index < -0.39 is 5.97 Å². The number of carboxylic acid groups (broad SMARTS) is 1. The maximum atomic E-state index is 8.89.